The zero-order valence-corrected chi connectivity index (χ0v) is 14.3. The topological polar surface area (TPSA) is 62.0 Å². The third-order valence-corrected chi connectivity index (χ3v) is 4.98. The number of anilines is 1. The van der Waals surface area contributed by atoms with Crippen molar-refractivity contribution < 1.29 is 4.92 Å². The molecule has 0 bridgehead atoms. The zero-order chi connectivity index (χ0) is 16.7. The SMILES string of the molecule is CN(C)C1=CCC2=Nc3ccc(N(C)C)cc3SC2=C1[N+](=O)[O-]. The van der Waals surface area contributed by atoms with Crippen LogP contribution < -0.4 is 4.90 Å². The Kier molecular flexibility index (Phi) is 3.89. The molecule has 120 valence electrons. The van der Waals surface area contributed by atoms with E-state index >= 15 is 0 Å². The van der Waals surface area contributed by atoms with E-state index in [0.29, 0.717) is 17.0 Å². The van der Waals surface area contributed by atoms with E-state index < -0.39 is 0 Å². The summed E-state index contributed by atoms with van der Waals surface area (Å²) in [4.78, 5) is 21.4. The van der Waals surface area contributed by atoms with Crippen molar-refractivity contribution in [1.82, 2.24) is 4.90 Å². The summed E-state index contributed by atoms with van der Waals surface area (Å²) >= 11 is 1.44. The van der Waals surface area contributed by atoms with Crippen LogP contribution in [-0.4, -0.2) is 43.7 Å². The van der Waals surface area contributed by atoms with Gasteiger partial charge in [-0.15, -0.1) is 0 Å². The number of nitro groups is 1. The molecular weight excluding hydrogens is 312 g/mol. The third kappa shape index (κ3) is 2.72. The second-order valence-corrected chi connectivity index (χ2v) is 6.88. The molecule has 0 saturated carbocycles. The highest BCUT2D eigenvalue weighted by Crippen LogP contribution is 2.46. The number of hydrogen-bond donors (Lipinski definition) is 0. The van der Waals surface area contributed by atoms with E-state index in [4.69, 9.17) is 0 Å². The first-order valence-corrected chi connectivity index (χ1v) is 8.04. The molecule has 7 heteroatoms. The molecule has 3 rings (SSSR count). The Labute approximate surface area is 139 Å². The van der Waals surface area contributed by atoms with Crippen LogP contribution in [0.15, 0.2) is 50.5 Å². The standard InChI is InChI=1S/C16H18N4O2S/c1-18(2)10-5-6-11-14(9-10)23-16-12(17-11)7-8-13(19(3)4)15(16)20(21)22/h5-6,8-9H,7H2,1-4H3. The van der Waals surface area contributed by atoms with E-state index in [1.165, 1.54) is 11.8 Å². The van der Waals surface area contributed by atoms with Crippen molar-refractivity contribution in [2.24, 2.45) is 4.99 Å². The van der Waals surface area contributed by atoms with Crippen molar-refractivity contribution in [3.63, 3.8) is 0 Å². The molecule has 0 atom stereocenters. The molecule has 0 amide bonds. The van der Waals surface area contributed by atoms with E-state index in [0.717, 1.165) is 22.0 Å². The van der Waals surface area contributed by atoms with Crippen LogP contribution in [-0.2, 0) is 0 Å². The Morgan fingerprint density at radius 3 is 2.57 bits per heavy atom. The number of fused-ring (bicyclic) bond motifs is 2. The van der Waals surface area contributed by atoms with Crippen molar-refractivity contribution in [2.45, 2.75) is 11.3 Å². The Hall–Kier alpha value is -2.28. The minimum atomic E-state index is -0.302. The number of benzene rings is 1. The molecule has 1 aliphatic heterocycles. The second kappa shape index (κ2) is 5.73. The van der Waals surface area contributed by atoms with Gasteiger partial charge in [0.05, 0.1) is 16.3 Å². The van der Waals surface area contributed by atoms with E-state index in [1.54, 1.807) is 4.90 Å². The van der Waals surface area contributed by atoms with Crippen molar-refractivity contribution in [2.75, 3.05) is 33.1 Å². The fraction of sp³-hybridized carbons (Fsp3) is 0.312. The Morgan fingerprint density at radius 2 is 1.96 bits per heavy atom. The lowest BCUT2D eigenvalue weighted by molar-refractivity contribution is -0.422. The van der Waals surface area contributed by atoms with Crippen molar-refractivity contribution in [3.8, 4) is 0 Å². The van der Waals surface area contributed by atoms with Crippen LogP contribution >= 0.6 is 11.8 Å². The monoisotopic (exact) mass is 330 g/mol. The van der Waals surface area contributed by atoms with Gasteiger partial charge in [0.25, 0.3) is 0 Å². The van der Waals surface area contributed by atoms with Gasteiger partial charge >= 0.3 is 5.70 Å². The molecule has 6 nitrogen and oxygen atoms in total. The van der Waals surface area contributed by atoms with E-state index in [1.807, 2.05) is 57.4 Å². The number of likely N-dealkylation sites (N-methyl/N-ethyl adjacent to an activating group) is 1. The normalized spacial score (nSPS) is 16.2. The van der Waals surface area contributed by atoms with Crippen molar-refractivity contribution >= 4 is 28.8 Å². The largest absolute Gasteiger partial charge is 0.378 e. The predicted molar refractivity (Wildman–Crippen MR) is 94.1 cm³/mol. The summed E-state index contributed by atoms with van der Waals surface area (Å²) in [5.74, 6) is 0. The third-order valence-electron chi connectivity index (χ3n) is 3.80. The van der Waals surface area contributed by atoms with Gasteiger partial charge in [-0.25, -0.2) is 0 Å². The molecule has 0 unspecified atom stereocenters. The molecule has 1 aromatic rings. The first-order valence-electron chi connectivity index (χ1n) is 7.22. The Morgan fingerprint density at radius 1 is 1.22 bits per heavy atom. The molecule has 0 N–H and O–H groups in total. The van der Waals surface area contributed by atoms with Gasteiger partial charge in [0, 0.05) is 45.2 Å². The molecule has 23 heavy (non-hydrogen) atoms. The maximum absolute atomic E-state index is 11.6. The lowest BCUT2D eigenvalue weighted by Gasteiger charge is -2.25. The molecule has 0 spiro atoms. The highest BCUT2D eigenvalue weighted by molar-refractivity contribution is 8.04. The minimum absolute atomic E-state index is 0.144. The molecular formula is C16H18N4O2S. The van der Waals surface area contributed by atoms with Gasteiger partial charge in [-0.2, -0.15) is 0 Å². The maximum atomic E-state index is 11.6. The van der Waals surface area contributed by atoms with Crippen LogP contribution in [0, 0.1) is 10.1 Å². The number of rotatable bonds is 3. The summed E-state index contributed by atoms with van der Waals surface area (Å²) in [7, 11) is 7.59. The fourth-order valence-electron chi connectivity index (χ4n) is 2.62. The quantitative estimate of drug-likeness (QED) is 0.629. The van der Waals surface area contributed by atoms with Gasteiger partial charge < -0.3 is 9.80 Å². The lowest BCUT2D eigenvalue weighted by Crippen LogP contribution is -2.24. The van der Waals surface area contributed by atoms with Crippen LogP contribution in [0.25, 0.3) is 0 Å². The predicted octanol–water partition coefficient (Wildman–Crippen LogP) is 3.27. The smallest absolute Gasteiger partial charge is 0.307 e. The minimum Gasteiger partial charge on any atom is -0.378 e. The average Bonchev–Trinajstić information content (AvgIpc) is 2.50. The second-order valence-electron chi connectivity index (χ2n) is 5.83. The first-order chi connectivity index (χ1) is 10.9. The summed E-state index contributed by atoms with van der Waals surface area (Å²) in [6, 6.07) is 6.01. The summed E-state index contributed by atoms with van der Waals surface area (Å²) in [5.41, 5.74) is 3.49. The lowest BCUT2D eigenvalue weighted by atomic mass is 10.1. The Balaban J connectivity index is 2.13. The number of hydrogen-bond acceptors (Lipinski definition) is 6. The van der Waals surface area contributed by atoms with E-state index in [-0.39, 0.29) is 10.6 Å². The summed E-state index contributed by atoms with van der Waals surface area (Å²) < 4.78 is 0. The molecule has 0 saturated heterocycles. The molecule has 1 heterocycles. The summed E-state index contributed by atoms with van der Waals surface area (Å²) in [5, 5.41) is 11.6. The van der Waals surface area contributed by atoms with Crippen LogP contribution in [0.3, 0.4) is 0 Å². The molecule has 0 aromatic heterocycles. The van der Waals surface area contributed by atoms with Gasteiger partial charge in [0.1, 0.15) is 10.6 Å². The molecule has 2 aliphatic rings. The highest BCUT2D eigenvalue weighted by Gasteiger charge is 2.34. The van der Waals surface area contributed by atoms with E-state index in [2.05, 4.69) is 4.99 Å². The van der Waals surface area contributed by atoms with Gasteiger partial charge in [0.15, 0.2) is 0 Å². The number of allylic oxidation sites excluding steroid dienone is 2. The zero-order valence-electron chi connectivity index (χ0n) is 13.5. The maximum Gasteiger partial charge on any atom is 0.307 e. The average molecular weight is 330 g/mol. The fourth-order valence-corrected chi connectivity index (χ4v) is 3.76. The highest BCUT2D eigenvalue weighted by atomic mass is 32.2. The van der Waals surface area contributed by atoms with Crippen molar-refractivity contribution in [3.05, 3.63) is 50.7 Å². The summed E-state index contributed by atoms with van der Waals surface area (Å²) in [6.45, 7) is 0. The first kappa shape index (κ1) is 15.6. The van der Waals surface area contributed by atoms with Crippen LogP contribution in [0.5, 0.6) is 0 Å². The van der Waals surface area contributed by atoms with Gasteiger partial charge in [-0.1, -0.05) is 11.8 Å². The number of nitrogens with zero attached hydrogens (tertiary/aromatic N) is 4. The number of aliphatic imine (C=N–C) groups is 1. The van der Waals surface area contributed by atoms with Crippen LogP contribution in [0.1, 0.15) is 6.42 Å². The van der Waals surface area contributed by atoms with E-state index in [9.17, 15) is 10.1 Å². The van der Waals surface area contributed by atoms with Gasteiger partial charge in [-0.05, 0) is 24.3 Å². The molecule has 0 radical (unpaired) electrons. The summed E-state index contributed by atoms with van der Waals surface area (Å²) in [6.07, 6.45) is 2.49. The van der Waals surface area contributed by atoms with Crippen molar-refractivity contribution in [1.29, 1.82) is 0 Å². The Bertz CT molecular complexity index is 778. The molecule has 0 fully saturated rings. The van der Waals surface area contributed by atoms with Crippen LogP contribution in [0.2, 0.25) is 0 Å². The van der Waals surface area contributed by atoms with Gasteiger partial charge in [0.2, 0.25) is 0 Å². The molecule has 1 aromatic carbocycles. The molecule has 1 aliphatic carbocycles. The van der Waals surface area contributed by atoms with Gasteiger partial charge in [-0.3, -0.25) is 15.1 Å². The van der Waals surface area contributed by atoms with Crippen LogP contribution in [0.4, 0.5) is 11.4 Å². The number of thioether (sulfide) groups is 1.